The van der Waals surface area contributed by atoms with Crippen molar-refractivity contribution in [1.29, 1.82) is 0 Å². The van der Waals surface area contributed by atoms with Gasteiger partial charge in [-0.05, 0) is 37.3 Å². The molecule has 1 aliphatic heterocycles. The maximum atomic E-state index is 13.9. The van der Waals surface area contributed by atoms with E-state index in [1.807, 2.05) is 6.07 Å². The van der Waals surface area contributed by atoms with Crippen molar-refractivity contribution >= 4 is 11.0 Å². The molecule has 0 N–H and O–H groups in total. The smallest absolute Gasteiger partial charge is 0.295 e. The van der Waals surface area contributed by atoms with Gasteiger partial charge in [-0.2, -0.15) is 0 Å². The van der Waals surface area contributed by atoms with Gasteiger partial charge in [0.1, 0.15) is 11.3 Å². The zero-order valence-corrected chi connectivity index (χ0v) is 20.5. The van der Waals surface area contributed by atoms with Crippen molar-refractivity contribution in [3.8, 4) is 5.88 Å². The van der Waals surface area contributed by atoms with Crippen LogP contribution in [0.15, 0.2) is 23.1 Å². The van der Waals surface area contributed by atoms with Gasteiger partial charge < -0.3 is 9.47 Å². The van der Waals surface area contributed by atoms with Gasteiger partial charge in [-0.15, -0.1) is 0 Å². The molecular formula is C25H27F4N5O3. The SMILES string of the molecule is COc1cc([C@@H]2C[C@H](c3nc(C4CCC(F)(F)CC4)c4nc(C(F)F)n(C)c(=O)c4n3)CCO2)ccn1. The first-order chi connectivity index (χ1) is 17.7. The second kappa shape index (κ2) is 9.96. The molecule has 0 unspecified atom stereocenters. The standard InChI is InChI=1S/C25H27F4N5O3/c1-34-23(21(26)27)33-19-18(13-3-7-25(28,29)8-4-13)31-22(32-20(19)24(34)35)15-6-10-37-16(11-15)14-5-9-30-17(12-14)36-2/h5,9,12-13,15-16,21H,3-4,6-8,10-11H2,1-2H3/t15-,16+/m1/s1. The van der Waals surface area contributed by atoms with Crippen molar-refractivity contribution in [1.82, 2.24) is 24.5 Å². The van der Waals surface area contributed by atoms with Crippen LogP contribution in [-0.4, -0.2) is 44.1 Å². The van der Waals surface area contributed by atoms with Crippen LogP contribution < -0.4 is 10.3 Å². The number of methoxy groups -OCH3 is 1. The van der Waals surface area contributed by atoms with Crippen molar-refractivity contribution < 1.29 is 27.0 Å². The third kappa shape index (κ3) is 5.03. The predicted octanol–water partition coefficient (Wildman–Crippen LogP) is 4.99. The number of fused-ring (bicyclic) bond motifs is 1. The Labute approximate surface area is 210 Å². The number of ether oxygens (including phenoxy) is 2. The molecular weight excluding hydrogens is 494 g/mol. The summed E-state index contributed by atoms with van der Waals surface area (Å²) in [6.45, 7) is 0.410. The van der Waals surface area contributed by atoms with Gasteiger partial charge in [-0.1, -0.05) is 0 Å². The van der Waals surface area contributed by atoms with Crippen LogP contribution in [0.4, 0.5) is 17.6 Å². The molecule has 2 aliphatic rings. The summed E-state index contributed by atoms with van der Waals surface area (Å²) < 4.78 is 67.1. The van der Waals surface area contributed by atoms with Crippen LogP contribution in [0.3, 0.4) is 0 Å². The minimum absolute atomic E-state index is 0.0279. The number of aromatic nitrogens is 5. The van der Waals surface area contributed by atoms with Crippen LogP contribution in [0.5, 0.6) is 5.88 Å². The zero-order valence-electron chi connectivity index (χ0n) is 20.5. The Bertz CT molecular complexity index is 1360. The monoisotopic (exact) mass is 521 g/mol. The largest absolute Gasteiger partial charge is 0.481 e. The Hall–Kier alpha value is -3.15. The van der Waals surface area contributed by atoms with E-state index in [2.05, 4.69) is 15.0 Å². The van der Waals surface area contributed by atoms with Gasteiger partial charge in [-0.25, -0.2) is 37.5 Å². The van der Waals surface area contributed by atoms with Crippen molar-refractivity contribution in [2.45, 2.75) is 68.8 Å². The van der Waals surface area contributed by atoms with Crippen molar-refractivity contribution in [3.63, 3.8) is 0 Å². The predicted molar refractivity (Wildman–Crippen MR) is 125 cm³/mol. The topological polar surface area (TPSA) is 92.0 Å². The van der Waals surface area contributed by atoms with E-state index in [0.29, 0.717) is 36.8 Å². The van der Waals surface area contributed by atoms with Gasteiger partial charge in [0.25, 0.3) is 12.0 Å². The zero-order chi connectivity index (χ0) is 26.3. The summed E-state index contributed by atoms with van der Waals surface area (Å²) >= 11 is 0. The van der Waals surface area contributed by atoms with Crippen LogP contribution in [0, 0.1) is 0 Å². The molecule has 0 bridgehead atoms. The first kappa shape index (κ1) is 25.5. The Kier molecular flexibility index (Phi) is 6.86. The van der Waals surface area contributed by atoms with E-state index in [0.717, 1.165) is 10.1 Å². The number of nitrogens with zero attached hydrogens (tertiary/aromatic N) is 5. The molecule has 37 heavy (non-hydrogen) atoms. The van der Waals surface area contributed by atoms with Crippen LogP contribution in [-0.2, 0) is 11.8 Å². The average molecular weight is 522 g/mol. The highest BCUT2D eigenvalue weighted by Gasteiger charge is 2.38. The lowest BCUT2D eigenvalue weighted by Crippen LogP contribution is -2.28. The molecule has 0 amide bonds. The summed E-state index contributed by atoms with van der Waals surface area (Å²) in [5.41, 5.74) is 0.349. The van der Waals surface area contributed by atoms with E-state index in [1.54, 1.807) is 12.3 Å². The van der Waals surface area contributed by atoms with Gasteiger partial charge in [0.15, 0.2) is 11.3 Å². The Morgan fingerprint density at radius 3 is 2.57 bits per heavy atom. The first-order valence-electron chi connectivity index (χ1n) is 12.2. The molecule has 0 radical (unpaired) electrons. The van der Waals surface area contributed by atoms with E-state index >= 15 is 0 Å². The van der Waals surface area contributed by atoms with Gasteiger partial charge in [0.05, 0.1) is 18.9 Å². The molecule has 2 atom stereocenters. The van der Waals surface area contributed by atoms with Crippen LogP contribution in [0.1, 0.15) is 85.8 Å². The summed E-state index contributed by atoms with van der Waals surface area (Å²) in [7, 11) is 2.75. The van der Waals surface area contributed by atoms with Crippen molar-refractivity contribution in [3.05, 3.63) is 51.6 Å². The highest BCUT2D eigenvalue weighted by molar-refractivity contribution is 5.76. The van der Waals surface area contributed by atoms with Crippen LogP contribution >= 0.6 is 0 Å². The third-order valence-corrected chi connectivity index (χ3v) is 7.29. The van der Waals surface area contributed by atoms with Crippen molar-refractivity contribution in [2.75, 3.05) is 13.7 Å². The quantitative estimate of drug-likeness (QED) is 0.437. The molecule has 1 aliphatic carbocycles. The summed E-state index contributed by atoms with van der Waals surface area (Å²) in [5, 5.41) is 0. The van der Waals surface area contributed by atoms with Crippen LogP contribution in [0.2, 0.25) is 0 Å². The number of rotatable bonds is 5. The van der Waals surface area contributed by atoms with Gasteiger partial charge >= 0.3 is 0 Å². The number of pyridine rings is 1. The summed E-state index contributed by atoms with van der Waals surface area (Å²) in [5.74, 6) is -3.29. The number of halogens is 4. The van der Waals surface area contributed by atoms with Crippen LogP contribution in [0.25, 0.3) is 11.0 Å². The molecule has 0 aromatic carbocycles. The Balaban J connectivity index is 1.58. The molecule has 198 valence electrons. The highest BCUT2D eigenvalue weighted by Crippen LogP contribution is 2.43. The maximum Gasteiger partial charge on any atom is 0.295 e. The fourth-order valence-electron chi connectivity index (χ4n) is 5.18. The Morgan fingerprint density at radius 2 is 1.86 bits per heavy atom. The molecule has 3 aromatic heterocycles. The third-order valence-electron chi connectivity index (χ3n) is 7.29. The number of hydrogen-bond donors (Lipinski definition) is 0. The molecule has 1 saturated heterocycles. The summed E-state index contributed by atoms with van der Waals surface area (Å²) in [6.07, 6.45) is -1.02. The summed E-state index contributed by atoms with van der Waals surface area (Å²) in [4.78, 5) is 30.5. The van der Waals surface area contributed by atoms with E-state index in [9.17, 15) is 22.4 Å². The molecule has 4 heterocycles. The Morgan fingerprint density at radius 1 is 1.11 bits per heavy atom. The van der Waals surface area contributed by atoms with E-state index in [4.69, 9.17) is 14.5 Å². The number of hydrogen-bond acceptors (Lipinski definition) is 7. The maximum absolute atomic E-state index is 13.9. The average Bonchev–Trinajstić information content (AvgIpc) is 2.90. The molecule has 1 saturated carbocycles. The molecule has 2 fully saturated rings. The minimum Gasteiger partial charge on any atom is -0.481 e. The molecule has 12 heteroatoms. The first-order valence-corrected chi connectivity index (χ1v) is 12.2. The second-order valence-electron chi connectivity index (χ2n) is 9.64. The van der Waals surface area contributed by atoms with E-state index in [1.165, 1.54) is 14.2 Å². The van der Waals surface area contributed by atoms with Gasteiger partial charge in [-0.3, -0.25) is 9.36 Å². The highest BCUT2D eigenvalue weighted by atomic mass is 19.3. The van der Waals surface area contributed by atoms with E-state index < -0.39 is 29.6 Å². The van der Waals surface area contributed by atoms with E-state index in [-0.39, 0.29) is 48.7 Å². The number of alkyl halides is 4. The molecule has 3 aromatic rings. The molecule has 5 rings (SSSR count). The molecule has 8 nitrogen and oxygen atoms in total. The summed E-state index contributed by atoms with van der Waals surface area (Å²) in [6, 6.07) is 3.61. The van der Waals surface area contributed by atoms with Gasteiger partial charge in [0, 0.05) is 50.6 Å². The molecule has 0 spiro atoms. The fourth-order valence-corrected chi connectivity index (χ4v) is 5.18. The lowest BCUT2D eigenvalue weighted by atomic mass is 9.84. The fraction of sp³-hybridized carbons (Fsp3) is 0.560. The van der Waals surface area contributed by atoms with Crippen molar-refractivity contribution in [2.24, 2.45) is 7.05 Å². The lowest BCUT2D eigenvalue weighted by molar-refractivity contribution is -0.0384. The second-order valence-corrected chi connectivity index (χ2v) is 9.64. The minimum atomic E-state index is -2.99. The lowest BCUT2D eigenvalue weighted by Gasteiger charge is -2.31. The van der Waals surface area contributed by atoms with Gasteiger partial charge in [0.2, 0.25) is 11.8 Å². The normalized spacial score (nSPS) is 22.5.